The molecule has 0 radical (unpaired) electrons. The third-order valence-electron chi connectivity index (χ3n) is 5.18. The molecule has 1 fully saturated rings. The predicted molar refractivity (Wildman–Crippen MR) is 106 cm³/mol. The molecule has 1 aromatic carbocycles. The van der Waals surface area contributed by atoms with Gasteiger partial charge in [0.05, 0.1) is 30.6 Å². The van der Waals surface area contributed by atoms with Crippen molar-refractivity contribution in [3.63, 3.8) is 0 Å². The van der Waals surface area contributed by atoms with Crippen LogP contribution in [0.1, 0.15) is 44.2 Å². The number of hydrogen-bond acceptors (Lipinski definition) is 4. The number of fused-ring (bicyclic) bond motifs is 1. The summed E-state index contributed by atoms with van der Waals surface area (Å²) in [5.74, 6) is 0.0772. The number of likely N-dealkylation sites (tertiary alicyclic amines) is 1. The van der Waals surface area contributed by atoms with E-state index in [0.29, 0.717) is 19.3 Å². The second-order valence-corrected chi connectivity index (χ2v) is 7.27. The summed E-state index contributed by atoms with van der Waals surface area (Å²) in [4.78, 5) is 18.8. The van der Waals surface area contributed by atoms with Crippen LogP contribution in [0.3, 0.4) is 0 Å². The zero-order valence-electron chi connectivity index (χ0n) is 16.5. The molecule has 1 aliphatic heterocycles. The Bertz CT molecular complexity index is 735. The van der Waals surface area contributed by atoms with E-state index in [0.717, 1.165) is 50.9 Å². The molecule has 3 rings (SSSR count). The van der Waals surface area contributed by atoms with Crippen molar-refractivity contribution in [2.75, 3.05) is 39.5 Å². The van der Waals surface area contributed by atoms with E-state index in [1.807, 2.05) is 11.2 Å². The molecule has 148 valence electrons. The molecule has 1 aromatic heterocycles. The van der Waals surface area contributed by atoms with Crippen molar-refractivity contribution in [3.05, 3.63) is 30.1 Å². The summed E-state index contributed by atoms with van der Waals surface area (Å²) in [7, 11) is 0. The standard InChI is InChI=1S/C21H31N3O3/c1-3-4-11-26-12-13-27-15-21(25)23-9-7-18(8-10-23)24-16-22-19-6-5-17(2)14-20(19)24/h5-6,14,16,18H,3-4,7-13,15H2,1-2H3. The number of carbonyl (C=O) groups is 1. The van der Waals surface area contributed by atoms with Gasteiger partial charge in [0.2, 0.25) is 5.91 Å². The Morgan fingerprint density at radius 1 is 1.19 bits per heavy atom. The van der Waals surface area contributed by atoms with Gasteiger partial charge in [0, 0.05) is 25.7 Å². The summed E-state index contributed by atoms with van der Waals surface area (Å²) in [5, 5.41) is 0. The SMILES string of the molecule is CCCCOCCOCC(=O)N1CCC(n2cnc3ccc(C)cc32)CC1. The topological polar surface area (TPSA) is 56.6 Å². The van der Waals surface area contributed by atoms with Gasteiger partial charge in [-0.05, 0) is 43.9 Å². The van der Waals surface area contributed by atoms with E-state index < -0.39 is 0 Å². The fourth-order valence-electron chi connectivity index (χ4n) is 3.54. The molecule has 2 aromatic rings. The van der Waals surface area contributed by atoms with Crippen LogP contribution in [-0.2, 0) is 14.3 Å². The maximum atomic E-state index is 12.3. The van der Waals surface area contributed by atoms with E-state index in [9.17, 15) is 4.79 Å². The van der Waals surface area contributed by atoms with E-state index in [1.165, 1.54) is 11.1 Å². The number of benzene rings is 1. The third kappa shape index (κ3) is 5.30. The monoisotopic (exact) mass is 373 g/mol. The Balaban J connectivity index is 1.42. The van der Waals surface area contributed by atoms with Gasteiger partial charge in [0.15, 0.2) is 0 Å². The summed E-state index contributed by atoms with van der Waals surface area (Å²) in [6.45, 7) is 7.73. The van der Waals surface area contributed by atoms with Crippen molar-refractivity contribution in [2.45, 2.75) is 45.6 Å². The molecule has 0 saturated carbocycles. The van der Waals surface area contributed by atoms with Crippen molar-refractivity contribution < 1.29 is 14.3 Å². The molecule has 0 bridgehead atoms. The molecule has 2 heterocycles. The number of unbranched alkanes of at least 4 members (excludes halogenated alkanes) is 1. The first-order valence-corrected chi connectivity index (χ1v) is 10.1. The number of ether oxygens (including phenoxy) is 2. The summed E-state index contributed by atoms with van der Waals surface area (Å²) >= 11 is 0. The van der Waals surface area contributed by atoms with Gasteiger partial charge in [-0.25, -0.2) is 4.98 Å². The van der Waals surface area contributed by atoms with Gasteiger partial charge in [-0.1, -0.05) is 19.4 Å². The van der Waals surface area contributed by atoms with Crippen molar-refractivity contribution in [1.82, 2.24) is 14.5 Å². The first kappa shape index (κ1) is 19.8. The van der Waals surface area contributed by atoms with Crippen LogP contribution in [0.25, 0.3) is 11.0 Å². The van der Waals surface area contributed by atoms with E-state index >= 15 is 0 Å². The van der Waals surface area contributed by atoms with Gasteiger partial charge in [0.25, 0.3) is 0 Å². The number of imidazole rings is 1. The minimum absolute atomic E-state index is 0.0772. The van der Waals surface area contributed by atoms with Crippen LogP contribution in [0.5, 0.6) is 0 Å². The normalized spacial score (nSPS) is 15.6. The smallest absolute Gasteiger partial charge is 0.248 e. The average Bonchev–Trinajstić information content (AvgIpc) is 3.10. The van der Waals surface area contributed by atoms with Gasteiger partial charge in [-0.15, -0.1) is 0 Å². The second kappa shape index (κ2) is 9.85. The van der Waals surface area contributed by atoms with Crippen LogP contribution in [0, 0.1) is 6.92 Å². The first-order valence-electron chi connectivity index (χ1n) is 10.1. The number of hydrogen-bond donors (Lipinski definition) is 0. The third-order valence-corrected chi connectivity index (χ3v) is 5.18. The second-order valence-electron chi connectivity index (χ2n) is 7.27. The maximum Gasteiger partial charge on any atom is 0.248 e. The molecule has 6 heteroatoms. The lowest BCUT2D eigenvalue weighted by atomic mass is 10.0. The highest BCUT2D eigenvalue weighted by Crippen LogP contribution is 2.27. The Hall–Kier alpha value is -1.92. The van der Waals surface area contributed by atoms with Crippen LogP contribution in [0.2, 0.25) is 0 Å². The lowest BCUT2D eigenvalue weighted by Crippen LogP contribution is -2.41. The van der Waals surface area contributed by atoms with Gasteiger partial charge < -0.3 is 18.9 Å². The number of piperidine rings is 1. The molecular weight excluding hydrogens is 342 g/mol. The Morgan fingerprint density at radius 3 is 2.74 bits per heavy atom. The van der Waals surface area contributed by atoms with Crippen molar-refractivity contribution >= 4 is 16.9 Å². The molecular formula is C21H31N3O3. The molecule has 0 N–H and O–H groups in total. The number of aromatic nitrogens is 2. The predicted octanol–water partition coefficient (Wildman–Crippen LogP) is 3.34. The number of carbonyl (C=O) groups excluding carboxylic acids is 1. The highest BCUT2D eigenvalue weighted by atomic mass is 16.5. The van der Waals surface area contributed by atoms with Crippen molar-refractivity contribution in [3.8, 4) is 0 Å². The minimum atomic E-state index is 0.0772. The van der Waals surface area contributed by atoms with Gasteiger partial charge in [0.1, 0.15) is 6.61 Å². The highest BCUT2D eigenvalue weighted by Gasteiger charge is 2.24. The minimum Gasteiger partial charge on any atom is -0.379 e. The Kier molecular flexibility index (Phi) is 7.24. The fraction of sp³-hybridized carbons (Fsp3) is 0.619. The van der Waals surface area contributed by atoms with Gasteiger partial charge in [-0.2, -0.15) is 0 Å². The number of amides is 1. The molecule has 1 aliphatic rings. The molecule has 1 amide bonds. The lowest BCUT2D eigenvalue weighted by molar-refractivity contribution is -0.137. The van der Waals surface area contributed by atoms with Crippen LogP contribution in [-0.4, -0.2) is 59.9 Å². The van der Waals surface area contributed by atoms with Crippen LogP contribution >= 0.6 is 0 Å². The zero-order valence-corrected chi connectivity index (χ0v) is 16.5. The van der Waals surface area contributed by atoms with E-state index in [1.54, 1.807) is 0 Å². The summed E-state index contributed by atoms with van der Waals surface area (Å²) < 4.78 is 13.2. The largest absolute Gasteiger partial charge is 0.379 e. The number of nitrogens with zero attached hydrogens (tertiary/aromatic N) is 3. The zero-order chi connectivity index (χ0) is 19.1. The van der Waals surface area contributed by atoms with Crippen LogP contribution in [0.15, 0.2) is 24.5 Å². The first-order chi connectivity index (χ1) is 13.2. The molecule has 0 aliphatic carbocycles. The molecule has 0 atom stereocenters. The van der Waals surface area contributed by atoms with Crippen LogP contribution in [0.4, 0.5) is 0 Å². The maximum absolute atomic E-state index is 12.3. The molecule has 0 unspecified atom stereocenters. The van der Waals surface area contributed by atoms with Crippen molar-refractivity contribution in [1.29, 1.82) is 0 Å². The summed E-state index contributed by atoms with van der Waals surface area (Å²) in [6, 6.07) is 6.75. The molecule has 27 heavy (non-hydrogen) atoms. The molecule has 0 spiro atoms. The summed E-state index contributed by atoms with van der Waals surface area (Å²) in [5.41, 5.74) is 3.47. The quantitative estimate of drug-likeness (QED) is 0.633. The number of rotatable bonds is 9. The highest BCUT2D eigenvalue weighted by molar-refractivity contribution is 5.78. The summed E-state index contributed by atoms with van der Waals surface area (Å²) in [6.07, 6.45) is 6.04. The fourth-order valence-corrected chi connectivity index (χ4v) is 3.54. The molecule has 1 saturated heterocycles. The Morgan fingerprint density at radius 2 is 1.96 bits per heavy atom. The average molecular weight is 373 g/mol. The molecule has 6 nitrogen and oxygen atoms in total. The van der Waals surface area contributed by atoms with Crippen molar-refractivity contribution in [2.24, 2.45) is 0 Å². The van der Waals surface area contributed by atoms with E-state index in [-0.39, 0.29) is 12.5 Å². The lowest BCUT2D eigenvalue weighted by Gasteiger charge is -2.33. The van der Waals surface area contributed by atoms with E-state index in [4.69, 9.17) is 9.47 Å². The van der Waals surface area contributed by atoms with E-state index in [2.05, 4.69) is 41.6 Å². The number of aryl methyl sites for hydroxylation is 1. The Labute approximate surface area is 161 Å². The van der Waals surface area contributed by atoms with Gasteiger partial charge in [-0.3, -0.25) is 4.79 Å². The van der Waals surface area contributed by atoms with Crippen LogP contribution < -0.4 is 0 Å². The van der Waals surface area contributed by atoms with Gasteiger partial charge >= 0.3 is 0 Å².